The lowest BCUT2D eigenvalue weighted by atomic mass is 10.00. The number of nitrogens with one attached hydrogen (secondary N) is 2. The van der Waals surface area contributed by atoms with Crippen LogP contribution in [-0.2, 0) is 6.42 Å². The lowest BCUT2D eigenvalue weighted by Crippen LogP contribution is -2.16. The fourth-order valence-corrected chi connectivity index (χ4v) is 1.89. The first-order valence-corrected chi connectivity index (χ1v) is 5.60. The average Bonchev–Trinajstić information content (AvgIpc) is 2.85. The SMILES string of the molecule is CCc1ccc(C(NC)c2cn[nH]c2)cc1. The van der Waals surface area contributed by atoms with Crippen molar-refractivity contribution < 1.29 is 0 Å². The topological polar surface area (TPSA) is 40.7 Å². The number of hydrogen-bond donors (Lipinski definition) is 2. The second kappa shape index (κ2) is 4.94. The first kappa shape index (κ1) is 10.9. The van der Waals surface area contributed by atoms with Gasteiger partial charge in [0.05, 0.1) is 12.2 Å². The first-order chi connectivity index (χ1) is 7.85. The molecular formula is C13H17N3. The molecule has 0 bridgehead atoms. The Hall–Kier alpha value is -1.61. The van der Waals surface area contributed by atoms with E-state index in [0.29, 0.717) is 0 Å². The monoisotopic (exact) mass is 215 g/mol. The van der Waals surface area contributed by atoms with Crippen LogP contribution in [0.2, 0.25) is 0 Å². The summed E-state index contributed by atoms with van der Waals surface area (Å²) in [5.41, 5.74) is 3.79. The maximum Gasteiger partial charge on any atom is 0.0605 e. The Kier molecular flexibility index (Phi) is 3.37. The number of benzene rings is 1. The molecule has 84 valence electrons. The van der Waals surface area contributed by atoms with Crippen molar-refractivity contribution in [3.05, 3.63) is 53.3 Å². The Balaban J connectivity index is 2.27. The molecule has 1 aromatic heterocycles. The highest BCUT2D eigenvalue weighted by atomic mass is 15.1. The number of H-pyrrole nitrogens is 1. The fourth-order valence-electron chi connectivity index (χ4n) is 1.89. The molecule has 3 nitrogen and oxygen atoms in total. The van der Waals surface area contributed by atoms with Gasteiger partial charge in [-0.3, -0.25) is 5.10 Å². The van der Waals surface area contributed by atoms with Crippen LogP contribution in [0.1, 0.15) is 29.7 Å². The van der Waals surface area contributed by atoms with Gasteiger partial charge >= 0.3 is 0 Å². The molecule has 3 heteroatoms. The molecule has 2 rings (SSSR count). The molecule has 2 N–H and O–H groups in total. The zero-order chi connectivity index (χ0) is 11.4. The molecule has 0 radical (unpaired) electrons. The molecule has 0 fully saturated rings. The van der Waals surface area contributed by atoms with Crippen molar-refractivity contribution in [2.45, 2.75) is 19.4 Å². The van der Waals surface area contributed by atoms with E-state index in [2.05, 4.69) is 46.7 Å². The second-order valence-corrected chi connectivity index (χ2v) is 3.85. The fraction of sp³-hybridized carbons (Fsp3) is 0.308. The molecule has 0 aliphatic carbocycles. The number of aryl methyl sites for hydroxylation is 1. The Labute approximate surface area is 95.9 Å². The summed E-state index contributed by atoms with van der Waals surface area (Å²) < 4.78 is 0. The average molecular weight is 215 g/mol. The van der Waals surface area contributed by atoms with Crippen LogP contribution in [0.5, 0.6) is 0 Å². The van der Waals surface area contributed by atoms with Crippen LogP contribution >= 0.6 is 0 Å². The zero-order valence-corrected chi connectivity index (χ0v) is 9.70. The molecule has 0 aliphatic rings. The summed E-state index contributed by atoms with van der Waals surface area (Å²) in [4.78, 5) is 0. The predicted molar refractivity (Wildman–Crippen MR) is 65.3 cm³/mol. The van der Waals surface area contributed by atoms with Crippen LogP contribution in [0.3, 0.4) is 0 Å². The maximum atomic E-state index is 3.99. The highest BCUT2D eigenvalue weighted by Crippen LogP contribution is 2.20. The minimum absolute atomic E-state index is 0.213. The molecule has 1 unspecified atom stereocenters. The summed E-state index contributed by atoms with van der Waals surface area (Å²) >= 11 is 0. The van der Waals surface area contributed by atoms with E-state index in [9.17, 15) is 0 Å². The summed E-state index contributed by atoms with van der Waals surface area (Å²) in [7, 11) is 1.96. The van der Waals surface area contributed by atoms with Crippen LogP contribution < -0.4 is 5.32 Å². The minimum Gasteiger partial charge on any atom is -0.309 e. The molecule has 0 saturated carbocycles. The van der Waals surface area contributed by atoms with Gasteiger partial charge < -0.3 is 5.32 Å². The summed E-state index contributed by atoms with van der Waals surface area (Å²) in [5.74, 6) is 0. The lowest BCUT2D eigenvalue weighted by Gasteiger charge is -2.15. The highest BCUT2D eigenvalue weighted by molar-refractivity contribution is 5.31. The van der Waals surface area contributed by atoms with E-state index < -0.39 is 0 Å². The van der Waals surface area contributed by atoms with Crippen molar-refractivity contribution >= 4 is 0 Å². The second-order valence-electron chi connectivity index (χ2n) is 3.85. The first-order valence-electron chi connectivity index (χ1n) is 5.60. The quantitative estimate of drug-likeness (QED) is 0.821. The normalized spacial score (nSPS) is 12.6. The number of rotatable bonds is 4. The Morgan fingerprint density at radius 2 is 2.00 bits per heavy atom. The molecule has 0 amide bonds. The van der Waals surface area contributed by atoms with Gasteiger partial charge in [-0.15, -0.1) is 0 Å². The number of nitrogens with zero attached hydrogens (tertiary/aromatic N) is 1. The van der Waals surface area contributed by atoms with Gasteiger partial charge in [0.25, 0.3) is 0 Å². The van der Waals surface area contributed by atoms with Crippen molar-refractivity contribution in [3.63, 3.8) is 0 Å². The van der Waals surface area contributed by atoms with Gasteiger partial charge in [0.1, 0.15) is 0 Å². The van der Waals surface area contributed by atoms with Crippen LogP contribution in [0.4, 0.5) is 0 Å². The smallest absolute Gasteiger partial charge is 0.0605 e. The van der Waals surface area contributed by atoms with E-state index >= 15 is 0 Å². The van der Waals surface area contributed by atoms with Crippen molar-refractivity contribution in [3.8, 4) is 0 Å². The van der Waals surface area contributed by atoms with Gasteiger partial charge in [-0.1, -0.05) is 31.2 Å². The molecule has 1 heterocycles. The Morgan fingerprint density at radius 1 is 1.25 bits per heavy atom. The highest BCUT2D eigenvalue weighted by Gasteiger charge is 2.12. The third kappa shape index (κ3) is 2.14. The summed E-state index contributed by atoms with van der Waals surface area (Å²) in [6, 6.07) is 8.92. The van der Waals surface area contributed by atoms with Gasteiger partial charge in [0.2, 0.25) is 0 Å². The van der Waals surface area contributed by atoms with Crippen LogP contribution in [-0.4, -0.2) is 17.2 Å². The molecule has 1 atom stereocenters. The van der Waals surface area contributed by atoms with Gasteiger partial charge in [-0.2, -0.15) is 5.10 Å². The number of aromatic nitrogens is 2. The molecular weight excluding hydrogens is 198 g/mol. The van der Waals surface area contributed by atoms with Gasteiger partial charge in [-0.25, -0.2) is 0 Å². The van der Waals surface area contributed by atoms with E-state index in [1.807, 2.05) is 19.4 Å². The summed E-state index contributed by atoms with van der Waals surface area (Å²) in [5, 5.41) is 10.1. The van der Waals surface area contributed by atoms with E-state index in [0.717, 1.165) is 12.0 Å². The lowest BCUT2D eigenvalue weighted by molar-refractivity contribution is 0.692. The Morgan fingerprint density at radius 3 is 2.50 bits per heavy atom. The molecule has 1 aromatic carbocycles. The molecule has 2 aromatic rings. The molecule has 0 aliphatic heterocycles. The van der Waals surface area contributed by atoms with Gasteiger partial charge in [0.15, 0.2) is 0 Å². The van der Waals surface area contributed by atoms with Crippen molar-refractivity contribution in [2.75, 3.05) is 7.05 Å². The number of aromatic amines is 1. The molecule has 0 spiro atoms. The van der Waals surface area contributed by atoms with Crippen molar-refractivity contribution in [2.24, 2.45) is 0 Å². The maximum absolute atomic E-state index is 3.99. The third-order valence-corrected chi connectivity index (χ3v) is 2.86. The standard InChI is InChI=1S/C13H17N3/c1-3-10-4-6-11(7-5-10)13(14-2)12-8-15-16-9-12/h4-9,13-14H,3H2,1-2H3,(H,15,16). The van der Waals surface area contributed by atoms with Crippen LogP contribution in [0, 0.1) is 0 Å². The number of hydrogen-bond acceptors (Lipinski definition) is 2. The van der Waals surface area contributed by atoms with E-state index in [4.69, 9.17) is 0 Å². The van der Waals surface area contributed by atoms with E-state index in [-0.39, 0.29) is 6.04 Å². The molecule has 16 heavy (non-hydrogen) atoms. The van der Waals surface area contributed by atoms with Gasteiger partial charge in [0, 0.05) is 11.8 Å². The van der Waals surface area contributed by atoms with E-state index in [1.54, 1.807) is 0 Å². The molecule has 0 saturated heterocycles. The van der Waals surface area contributed by atoms with Crippen molar-refractivity contribution in [1.82, 2.24) is 15.5 Å². The zero-order valence-electron chi connectivity index (χ0n) is 9.70. The largest absolute Gasteiger partial charge is 0.309 e. The predicted octanol–water partition coefficient (Wildman–Crippen LogP) is 2.28. The van der Waals surface area contributed by atoms with Crippen LogP contribution in [0.25, 0.3) is 0 Å². The summed E-state index contributed by atoms with van der Waals surface area (Å²) in [6.07, 6.45) is 4.86. The minimum atomic E-state index is 0.213. The third-order valence-electron chi connectivity index (χ3n) is 2.86. The van der Waals surface area contributed by atoms with E-state index in [1.165, 1.54) is 11.1 Å². The summed E-state index contributed by atoms with van der Waals surface area (Å²) in [6.45, 7) is 2.17. The van der Waals surface area contributed by atoms with Gasteiger partial charge in [-0.05, 0) is 24.6 Å². The Bertz CT molecular complexity index is 417. The van der Waals surface area contributed by atoms with Crippen molar-refractivity contribution in [1.29, 1.82) is 0 Å². The van der Waals surface area contributed by atoms with Crippen LogP contribution in [0.15, 0.2) is 36.7 Å².